The first-order valence-corrected chi connectivity index (χ1v) is 12.3. The largest absolute Gasteiger partial charge is 0.332 e. The third-order valence-corrected chi connectivity index (χ3v) is 6.12. The summed E-state index contributed by atoms with van der Waals surface area (Å²) in [4.78, 5) is 17.3. The summed E-state index contributed by atoms with van der Waals surface area (Å²) in [5, 5.41) is 8.57. The molecule has 0 saturated heterocycles. The maximum atomic E-state index is 13.8. The highest BCUT2D eigenvalue weighted by atomic mass is 31.2. The van der Waals surface area contributed by atoms with Gasteiger partial charge < -0.3 is 4.62 Å². The van der Waals surface area contributed by atoms with Gasteiger partial charge in [0.2, 0.25) is 0 Å². The van der Waals surface area contributed by atoms with Crippen molar-refractivity contribution in [3.8, 4) is 0 Å². The Bertz CT molecular complexity index is 1150. The van der Waals surface area contributed by atoms with Gasteiger partial charge in [-0.1, -0.05) is 76.9 Å². The lowest BCUT2D eigenvalue weighted by Crippen LogP contribution is -2.34. The number of aromatic nitrogens is 4. The van der Waals surface area contributed by atoms with E-state index in [4.69, 9.17) is 4.62 Å². The van der Waals surface area contributed by atoms with Crippen LogP contribution in [-0.2, 0) is 4.57 Å². The van der Waals surface area contributed by atoms with Crippen LogP contribution in [0.4, 0.5) is 0 Å². The van der Waals surface area contributed by atoms with Crippen LogP contribution in [0.25, 0.3) is 11.0 Å². The van der Waals surface area contributed by atoms with Gasteiger partial charge >= 0.3 is 12.9 Å². The first-order chi connectivity index (χ1) is 15.5. The minimum Gasteiger partial charge on any atom is -0.326 e. The lowest BCUT2D eigenvalue weighted by atomic mass is 10.4. The molecule has 8 heteroatoms. The molecule has 7 nitrogen and oxygen atoms in total. The fourth-order valence-electron chi connectivity index (χ4n) is 2.52. The van der Waals surface area contributed by atoms with E-state index in [0.29, 0.717) is 21.0 Å². The zero-order valence-corrected chi connectivity index (χ0v) is 19.8. The summed E-state index contributed by atoms with van der Waals surface area (Å²) in [6.07, 6.45) is 3.98. The summed E-state index contributed by atoms with van der Waals surface area (Å²) < 4.78 is 19.5. The van der Waals surface area contributed by atoms with Crippen molar-refractivity contribution >= 4 is 29.0 Å². The van der Waals surface area contributed by atoms with Gasteiger partial charge in [-0.2, -0.15) is 0 Å². The minimum absolute atomic E-state index is 0.0928. The average Bonchev–Trinajstić information content (AvgIpc) is 2.83. The number of nitrogens with zero attached hydrogens (tertiary/aromatic N) is 4. The van der Waals surface area contributed by atoms with E-state index in [0.717, 1.165) is 0 Å². The Labute approximate surface area is 188 Å². The SMILES string of the molecule is CCC.CCC.O=c1c2ncccc2nnn1OP(=O)(c1ccccc1)c1ccccc1. The average molecular weight is 452 g/mol. The van der Waals surface area contributed by atoms with Crippen LogP contribution in [0.5, 0.6) is 0 Å². The number of rotatable bonds is 4. The first-order valence-electron chi connectivity index (χ1n) is 10.6. The van der Waals surface area contributed by atoms with Crippen molar-refractivity contribution in [1.82, 2.24) is 20.1 Å². The third-order valence-electron chi connectivity index (χ3n) is 3.78. The van der Waals surface area contributed by atoms with Gasteiger partial charge in [-0.3, -0.25) is 9.36 Å². The Hall–Kier alpha value is -3.31. The maximum absolute atomic E-state index is 13.8. The molecule has 0 atom stereocenters. The molecule has 0 spiro atoms. The Morgan fingerprint density at radius 3 is 1.81 bits per heavy atom. The van der Waals surface area contributed by atoms with E-state index < -0.39 is 12.9 Å². The number of pyridine rings is 1. The normalized spacial score (nSPS) is 10.4. The van der Waals surface area contributed by atoms with Gasteiger partial charge in [0, 0.05) is 6.20 Å². The summed E-state index contributed by atoms with van der Waals surface area (Å²) in [6, 6.07) is 20.7. The van der Waals surface area contributed by atoms with Gasteiger partial charge in [-0.25, -0.2) is 4.98 Å². The fraction of sp³-hybridized carbons (Fsp3) is 0.250. The number of benzene rings is 2. The molecule has 0 unspecified atom stereocenters. The van der Waals surface area contributed by atoms with E-state index in [1.165, 1.54) is 19.0 Å². The highest BCUT2D eigenvalue weighted by Crippen LogP contribution is 2.40. The van der Waals surface area contributed by atoms with E-state index in [9.17, 15) is 9.36 Å². The predicted octanol–water partition coefficient (Wildman–Crippen LogP) is 4.38. The second kappa shape index (κ2) is 12.5. The second-order valence-electron chi connectivity index (χ2n) is 6.86. The molecule has 0 aliphatic carbocycles. The molecule has 2 aromatic heterocycles. The van der Waals surface area contributed by atoms with Crippen molar-refractivity contribution in [3.05, 3.63) is 89.3 Å². The van der Waals surface area contributed by atoms with Gasteiger partial charge in [0.1, 0.15) is 5.52 Å². The molecule has 0 saturated carbocycles. The van der Waals surface area contributed by atoms with E-state index >= 15 is 0 Å². The van der Waals surface area contributed by atoms with Crippen LogP contribution in [0.3, 0.4) is 0 Å². The standard InChI is InChI=1S/C18H13N4O3P.2C3H8/c23-18-17-16(12-7-13-19-17)20-21-22(18)25-26(24,14-8-3-1-4-9-14)15-10-5-2-6-11-15;2*1-3-2/h1-13H;2*3H2,1-2H3. The molecule has 2 heterocycles. The van der Waals surface area contributed by atoms with Gasteiger partial charge in [-0.15, -0.1) is 5.10 Å². The van der Waals surface area contributed by atoms with Crippen LogP contribution in [-0.4, -0.2) is 20.1 Å². The number of hydrogen-bond acceptors (Lipinski definition) is 6. The van der Waals surface area contributed by atoms with E-state index in [1.54, 1.807) is 60.7 Å². The van der Waals surface area contributed by atoms with Crippen LogP contribution >= 0.6 is 7.37 Å². The predicted molar refractivity (Wildman–Crippen MR) is 130 cm³/mol. The highest BCUT2D eigenvalue weighted by molar-refractivity contribution is 7.74. The molecule has 4 aromatic rings. The molecule has 32 heavy (non-hydrogen) atoms. The van der Waals surface area contributed by atoms with Gasteiger partial charge in [0.25, 0.3) is 0 Å². The Morgan fingerprint density at radius 1 is 0.812 bits per heavy atom. The number of fused-ring (bicyclic) bond motifs is 1. The highest BCUT2D eigenvalue weighted by Gasteiger charge is 2.32. The zero-order valence-electron chi connectivity index (χ0n) is 18.9. The maximum Gasteiger partial charge on any atom is 0.332 e. The van der Waals surface area contributed by atoms with E-state index in [-0.39, 0.29) is 5.52 Å². The van der Waals surface area contributed by atoms with Gasteiger partial charge in [-0.05, 0) is 46.5 Å². The van der Waals surface area contributed by atoms with Crippen LogP contribution in [0.2, 0.25) is 0 Å². The van der Waals surface area contributed by atoms with Crippen molar-refractivity contribution in [2.45, 2.75) is 40.5 Å². The van der Waals surface area contributed by atoms with Crippen molar-refractivity contribution in [2.75, 3.05) is 0 Å². The summed E-state index contributed by atoms with van der Waals surface area (Å²) in [7, 11) is -3.62. The van der Waals surface area contributed by atoms with Crippen LogP contribution < -0.4 is 20.8 Å². The second-order valence-corrected chi connectivity index (χ2v) is 9.16. The van der Waals surface area contributed by atoms with Crippen LogP contribution in [0.15, 0.2) is 83.8 Å². The van der Waals surface area contributed by atoms with Gasteiger partial charge in [0.15, 0.2) is 5.52 Å². The fourth-order valence-corrected chi connectivity index (χ4v) is 4.46. The topological polar surface area (TPSA) is 87.0 Å². The molecule has 2 aromatic carbocycles. The molecule has 0 aliphatic heterocycles. The van der Waals surface area contributed by atoms with E-state index in [2.05, 4.69) is 43.0 Å². The lowest BCUT2D eigenvalue weighted by molar-refractivity contribution is 0.219. The summed E-state index contributed by atoms with van der Waals surface area (Å²) >= 11 is 0. The van der Waals surface area contributed by atoms with Crippen molar-refractivity contribution in [2.24, 2.45) is 0 Å². The molecular weight excluding hydrogens is 423 g/mol. The third kappa shape index (κ3) is 6.11. The molecule has 0 fully saturated rings. The van der Waals surface area contributed by atoms with Crippen LogP contribution in [0, 0.1) is 0 Å². The monoisotopic (exact) mass is 452 g/mol. The molecule has 0 radical (unpaired) electrons. The lowest BCUT2D eigenvalue weighted by Gasteiger charge is -2.19. The van der Waals surface area contributed by atoms with Crippen molar-refractivity contribution in [1.29, 1.82) is 0 Å². The van der Waals surface area contributed by atoms with Gasteiger partial charge in [0.05, 0.1) is 10.6 Å². The summed E-state index contributed by atoms with van der Waals surface area (Å²) in [5.74, 6) is 0. The Morgan fingerprint density at radius 2 is 1.31 bits per heavy atom. The quantitative estimate of drug-likeness (QED) is 0.427. The molecule has 0 aliphatic rings. The van der Waals surface area contributed by atoms with Crippen LogP contribution in [0.1, 0.15) is 40.5 Å². The Kier molecular flexibility index (Phi) is 9.76. The summed E-state index contributed by atoms with van der Waals surface area (Å²) in [5.41, 5.74) is -0.190. The molecule has 168 valence electrons. The molecular formula is C24H29N4O3P. The first kappa shape index (κ1) is 25.0. The van der Waals surface area contributed by atoms with Crippen molar-refractivity contribution < 1.29 is 9.19 Å². The zero-order chi connectivity index (χ0) is 23.4. The van der Waals surface area contributed by atoms with Crippen molar-refractivity contribution in [3.63, 3.8) is 0 Å². The summed E-state index contributed by atoms with van der Waals surface area (Å²) in [6.45, 7) is 8.50. The smallest absolute Gasteiger partial charge is 0.326 e. The minimum atomic E-state index is -3.62. The van der Waals surface area contributed by atoms with E-state index in [1.807, 2.05) is 12.1 Å². The molecule has 0 amide bonds. The molecule has 0 N–H and O–H groups in total. The number of hydrogen-bond donors (Lipinski definition) is 0. The molecule has 4 rings (SSSR count). The molecule has 0 bridgehead atoms. The Balaban J connectivity index is 0.000000547.